The number of likely N-dealkylation sites (N-methyl/N-ethyl adjacent to an activating group) is 1. The molecular formula is C48H80NO8P. The first-order chi connectivity index (χ1) is 28.0. The molecule has 0 amide bonds. The Morgan fingerprint density at radius 3 is 1.47 bits per heavy atom. The molecule has 0 fully saturated rings. The van der Waals surface area contributed by atoms with Gasteiger partial charge in [-0.15, -0.1) is 0 Å². The molecular weight excluding hydrogens is 750 g/mol. The lowest BCUT2D eigenvalue weighted by atomic mass is 10.1. The number of hydrogen-bond acceptors (Lipinski definition) is 8. The number of phosphoric ester groups is 1. The van der Waals surface area contributed by atoms with Crippen molar-refractivity contribution in [2.24, 2.45) is 0 Å². The lowest BCUT2D eigenvalue weighted by Crippen LogP contribution is -2.37. The zero-order valence-corrected chi connectivity index (χ0v) is 37.8. The lowest BCUT2D eigenvalue weighted by Gasteiger charge is -2.28. The molecule has 330 valence electrons. The quantitative estimate of drug-likeness (QED) is 0.0199. The van der Waals surface area contributed by atoms with E-state index in [2.05, 4.69) is 98.9 Å². The standard InChI is InChI=1S/C48H80NO8P/c1-6-8-10-12-14-16-18-20-22-24-26-28-30-32-34-36-38-40-47(50)54-44-46(45-56-58(52,53)55-43-42-49(3,4)5)57-48(51)41-39-37-35-33-31-29-27-25-23-21-19-17-15-13-11-9-7-2/h9,11,15,17,20-23,26-29,32-35,46H,6-8,10,12-14,16,18-19,24-25,30-31,36-45H2,1-5H3/b11-9-,17-15-,22-20-,23-21-,28-26-,29-27-,34-32-,35-33-/t46-/m1/s1. The summed E-state index contributed by atoms with van der Waals surface area (Å²) in [6.07, 6.45) is 51.7. The maximum absolute atomic E-state index is 12.6. The Morgan fingerprint density at radius 1 is 0.552 bits per heavy atom. The SMILES string of the molecule is CC/C=C\C/C=C\C/C=C\C/C=C\C/C=C\CCCC(=O)O[C@H](COC(=O)CCC/C=C\C/C=C\C/C=C\CCCCCCCC)COP(=O)([O-])OCC[N+](C)(C)C. The van der Waals surface area contributed by atoms with E-state index in [1.165, 1.54) is 38.5 Å². The Labute approximate surface area is 353 Å². The van der Waals surface area contributed by atoms with Crippen molar-refractivity contribution < 1.29 is 42.1 Å². The summed E-state index contributed by atoms with van der Waals surface area (Å²) < 4.78 is 33.7. The van der Waals surface area contributed by atoms with Gasteiger partial charge in [-0.3, -0.25) is 14.2 Å². The molecule has 1 unspecified atom stereocenters. The molecule has 0 N–H and O–H groups in total. The van der Waals surface area contributed by atoms with Crippen LogP contribution in [0.4, 0.5) is 0 Å². The smallest absolute Gasteiger partial charge is 0.306 e. The third-order valence-electron chi connectivity index (χ3n) is 8.59. The van der Waals surface area contributed by atoms with Gasteiger partial charge in [-0.2, -0.15) is 0 Å². The molecule has 0 aliphatic rings. The Bertz CT molecular complexity index is 1300. The number of nitrogens with zero attached hydrogens (tertiary/aromatic N) is 1. The van der Waals surface area contributed by atoms with Crippen LogP contribution < -0.4 is 4.89 Å². The molecule has 0 bridgehead atoms. The van der Waals surface area contributed by atoms with E-state index < -0.39 is 32.5 Å². The first-order valence-electron chi connectivity index (χ1n) is 21.9. The Kier molecular flexibility index (Phi) is 37.3. The molecule has 2 atom stereocenters. The van der Waals surface area contributed by atoms with Crippen molar-refractivity contribution in [1.82, 2.24) is 0 Å². The van der Waals surface area contributed by atoms with Gasteiger partial charge in [0.25, 0.3) is 7.82 Å². The van der Waals surface area contributed by atoms with Gasteiger partial charge in [0.15, 0.2) is 6.10 Å². The minimum absolute atomic E-state index is 0.0546. The molecule has 0 saturated heterocycles. The number of ether oxygens (including phenoxy) is 2. The highest BCUT2D eigenvalue weighted by Gasteiger charge is 2.21. The van der Waals surface area contributed by atoms with Crippen molar-refractivity contribution in [3.63, 3.8) is 0 Å². The van der Waals surface area contributed by atoms with Crippen LogP contribution in [0.2, 0.25) is 0 Å². The molecule has 0 heterocycles. The maximum Gasteiger partial charge on any atom is 0.306 e. The summed E-state index contributed by atoms with van der Waals surface area (Å²) >= 11 is 0. The number of allylic oxidation sites excluding steroid dienone is 16. The molecule has 9 nitrogen and oxygen atoms in total. The second-order valence-electron chi connectivity index (χ2n) is 15.3. The summed E-state index contributed by atoms with van der Waals surface area (Å²) in [7, 11) is 1.08. The van der Waals surface area contributed by atoms with Gasteiger partial charge in [0, 0.05) is 12.8 Å². The van der Waals surface area contributed by atoms with Gasteiger partial charge in [0.1, 0.15) is 19.8 Å². The maximum atomic E-state index is 12.6. The summed E-state index contributed by atoms with van der Waals surface area (Å²) in [5, 5.41) is 0. The van der Waals surface area contributed by atoms with Crippen LogP contribution >= 0.6 is 7.82 Å². The zero-order chi connectivity index (χ0) is 42.8. The van der Waals surface area contributed by atoms with Crippen molar-refractivity contribution in [3.8, 4) is 0 Å². The third-order valence-corrected chi connectivity index (χ3v) is 9.55. The van der Waals surface area contributed by atoms with Crippen LogP contribution in [0.3, 0.4) is 0 Å². The number of rotatable bonds is 38. The van der Waals surface area contributed by atoms with Crippen molar-refractivity contribution in [1.29, 1.82) is 0 Å². The van der Waals surface area contributed by atoms with E-state index >= 15 is 0 Å². The van der Waals surface area contributed by atoms with E-state index in [0.29, 0.717) is 30.3 Å². The molecule has 0 aromatic rings. The largest absolute Gasteiger partial charge is 0.756 e. The van der Waals surface area contributed by atoms with E-state index in [1.807, 2.05) is 33.3 Å². The lowest BCUT2D eigenvalue weighted by molar-refractivity contribution is -0.870. The van der Waals surface area contributed by atoms with Gasteiger partial charge in [-0.25, -0.2) is 0 Å². The number of hydrogen-bond donors (Lipinski definition) is 0. The van der Waals surface area contributed by atoms with Crippen LogP contribution in [-0.2, 0) is 32.7 Å². The monoisotopic (exact) mass is 830 g/mol. The second kappa shape index (κ2) is 39.4. The van der Waals surface area contributed by atoms with Crippen LogP contribution in [0.5, 0.6) is 0 Å². The fourth-order valence-electron chi connectivity index (χ4n) is 5.17. The first-order valence-corrected chi connectivity index (χ1v) is 23.4. The normalized spacial score (nSPS) is 14.5. The third kappa shape index (κ3) is 42.5. The van der Waals surface area contributed by atoms with Gasteiger partial charge in [-0.1, -0.05) is 143 Å². The van der Waals surface area contributed by atoms with E-state index in [1.54, 1.807) is 0 Å². The Morgan fingerprint density at radius 2 is 0.983 bits per heavy atom. The van der Waals surface area contributed by atoms with Gasteiger partial charge in [0.05, 0.1) is 27.7 Å². The summed E-state index contributed by atoms with van der Waals surface area (Å²) in [6.45, 7) is 3.95. The van der Waals surface area contributed by atoms with Crippen molar-refractivity contribution in [2.75, 3.05) is 47.5 Å². The minimum atomic E-state index is -4.66. The van der Waals surface area contributed by atoms with Crippen molar-refractivity contribution >= 4 is 19.8 Å². The number of esters is 2. The molecule has 10 heteroatoms. The summed E-state index contributed by atoms with van der Waals surface area (Å²) in [6, 6.07) is 0. The minimum Gasteiger partial charge on any atom is -0.756 e. The molecule has 0 aromatic carbocycles. The summed E-state index contributed by atoms with van der Waals surface area (Å²) in [5.74, 6) is -0.975. The van der Waals surface area contributed by atoms with E-state index in [9.17, 15) is 19.0 Å². The molecule has 0 radical (unpaired) electrons. The van der Waals surface area contributed by atoms with Crippen molar-refractivity contribution in [2.45, 2.75) is 148 Å². The molecule has 0 rings (SSSR count). The zero-order valence-electron chi connectivity index (χ0n) is 36.9. The molecule has 0 aliphatic heterocycles. The molecule has 0 aromatic heterocycles. The van der Waals surface area contributed by atoms with Crippen LogP contribution in [0.25, 0.3) is 0 Å². The highest BCUT2D eigenvalue weighted by Crippen LogP contribution is 2.38. The van der Waals surface area contributed by atoms with Crippen LogP contribution in [0.15, 0.2) is 97.2 Å². The molecule has 0 aliphatic carbocycles. The fourth-order valence-corrected chi connectivity index (χ4v) is 5.90. The summed E-state index contributed by atoms with van der Waals surface area (Å²) in [5.41, 5.74) is 0. The number of unbranched alkanes of at least 4 members (excludes halogenated alkanes) is 8. The number of phosphoric acid groups is 1. The average Bonchev–Trinajstić information content (AvgIpc) is 3.17. The summed E-state index contributed by atoms with van der Waals surface area (Å²) in [4.78, 5) is 37.5. The first kappa shape index (κ1) is 54.9. The number of carbonyl (C=O) groups is 2. The predicted molar refractivity (Wildman–Crippen MR) is 240 cm³/mol. The number of quaternary nitrogens is 1. The highest BCUT2D eigenvalue weighted by molar-refractivity contribution is 7.45. The predicted octanol–water partition coefficient (Wildman–Crippen LogP) is 11.9. The van der Waals surface area contributed by atoms with Gasteiger partial charge >= 0.3 is 11.9 Å². The molecule has 0 spiro atoms. The van der Waals surface area contributed by atoms with Gasteiger partial charge in [0.2, 0.25) is 0 Å². The van der Waals surface area contributed by atoms with Crippen LogP contribution in [0, 0.1) is 0 Å². The second-order valence-corrected chi connectivity index (χ2v) is 16.7. The van der Waals surface area contributed by atoms with E-state index in [4.69, 9.17) is 18.5 Å². The Hall–Kier alpha value is -3.07. The van der Waals surface area contributed by atoms with Gasteiger partial charge in [-0.05, 0) is 83.5 Å². The highest BCUT2D eigenvalue weighted by atomic mass is 31.2. The van der Waals surface area contributed by atoms with E-state index in [-0.39, 0.29) is 26.1 Å². The Balaban J connectivity index is 4.57. The van der Waals surface area contributed by atoms with Crippen LogP contribution in [-0.4, -0.2) is 70.0 Å². The molecule has 58 heavy (non-hydrogen) atoms. The molecule has 0 saturated carbocycles. The van der Waals surface area contributed by atoms with Gasteiger partial charge < -0.3 is 27.9 Å². The average molecular weight is 830 g/mol. The van der Waals surface area contributed by atoms with Crippen LogP contribution in [0.1, 0.15) is 142 Å². The number of carbonyl (C=O) groups excluding carboxylic acids is 2. The van der Waals surface area contributed by atoms with Crippen molar-refractivity contribution in [3.05, 3.63) is 97.2 Å². The van der Waals surface area contributed by atoms with E-state index in [0.717, 1.165) is 57.8 Å². The topological polar surface area (TPSA) is 111 Å². The fraction of sp³-hybridized carbons (Fsp3) is 0.625.